The number of rotatable bonds is 5. The van der Waals surface area contributed by atoms with E-state index in [2.05, 4.69) is 26.4 Å². The molecule has 0 aliphatic carbocycles. The van der Waals surface area contributed by atoms with Gasteiger partial charge in [-0.25, -0.2) is 15.3 Å². The van der Waals surface area contributed by atoms with E-state index in [1.54, 1.807) is 18.3 Å². The highest BCUT2D eigenvalue weighted by molar-refractivity contribution is 6.04. The van der Waals surface area contributed by atoms with E-state index in [9.17, 15) is 4.79 Å². The second-order valence-electron chi connectivity index (χ2n) is 8.11. The number of hydroxylamine groups is 1. The Kier molecular flexibility index (Phi) is 4.63. The summed E-state index contributed by atoms with van der Waals surface area (Å²) in [4.78, 5) is 25.0. The summed E-state index contributed by atoms with van der Waals surface area (Å²) in [6, 6.07) is 22.4. The first-order chi connectivity index (χ1) is 16.6. The molecule has 3 aliphatic rings. The number of aliphatic imine (C=N–C) groups is 1. The van der Waals surface area contributed by atoms with Crippen molar-refractivity contribution in [3.05, 3.63) is 89.8 Å². The molecule has 0 radical (unpaired) electrons. The lowest BCUT2D eigenvalue weighted by atomic mass is 10.2. The van der Waals surface area contributed by atoms with E-state index >= 15 is 0 Å². The van der Waals surface area contributed by atoms with Gasteiger partial charge in [-0.15, -0.1) is 0 Å². The Morgan fingerprint density at radius 3 is 2.68 bits per heavy atom. The van der Waals surface area contributed by atoms with Crippen molar-refractivity contribution < 1.29 is 14.4 Å². The summed E-state index contributed by atoms with van der Waals surface area (Å²) < 4.78 is 5.56. The van der Waals surface area contributed by atoms with Gasteiger partial charge in [0.25, 0.3) is 5.91 Å². The van der Waals surface area contributed by atoms with Crippen molar-refractivity contribution in [3.8, 4) is 5.75 Å². The van der Waals surface area contributed by atoms with Gasteiger partial charge in [0.1, 0.15) is 11.6 Å². The Morgan fingerprint density at radius 1 is 1.06 bits per heavy atom. The summed E-state index contributed by atoms with van der Waals surface area (Å²) in [5.74, 6) is 0.238. The summed E-state index contributed by atoms with van der Waals surface area (Å²) in [6.07, 6.45) is 1.78. The summed E-state index contributed by atoms with van der Waals surface area (Å²) in [6.45, 7) is 2.42. The lowest BCUT2D eigenvalue weighted by Gasteiger charge is -2.36. The third-order valence-corrected chi connectivity index (χ3v) is 5.82. The first kappa shape index (κ1) is 20.1. The van der Waals surface area contributed by atoms with Gasteiger partial charge in [-0.2, -0.15) is 0 Å². The van der Waals surface area contributed by atoms with E-state index in [-0.39, 0.29) is 5.91 Å². The number of benzene rings is 3. The number of amides is 1. The van der Waals surface area contributed by atoms with Crippen molar-refractivity contribution in [3.63, 3.8) is 0 Å². The van der Waals surface area contributed by atoms with Crippen LogP contribution >= 0.6 is 0 Å². The molecule has 0 saturated carbocycles. The number of fused-ring (bicyclic) bond motifs is 3. The highest BCUT2D eigenvalue weighted by Crippen LogP contribution is 2.42. The standard InChI is InChI=1S/C25H22N6O3/c1-16-14-27-25(31(23(16)30-34-25)20-11-12-22-21(13-20)26-15-33-22)29-19-9-7-18(8-10-19)28-24(32)17-5-3-2-4-6-17/h2-14,26,29-30H,15H2,1H3,(H,28,32). The minimum atomic E-state index is -1.21. The number of carbonyl (C=O) groups is 1. The highest BCUT2D eigenvalue weighted by Gasteiger charge is 2.49. The zero-order chi connectivity index (χ0) is 23.1. The maximum absolute atomic E-state index is 12.4. The molecular formula is C25H22N6O3. The minimum absolute atomic E-state index is 0.161. The fourth-order valence-corrected chi connectivity index (χ4v) is 4.10. The molecule has 1 amide bonds. The van der Waals surface area contributed by atoms with Crippen LogP contribution in [-0.4, -0.2) is 24.8 Å². The van der Waals surface area contributed by atoms with Crippen LogP contribution in [0.4, 0.5) is 22.7 Å². The van der Waals surface area contributed by atoms with Crippen LogP contribution in [-0.2, 0) is 4.84 Å². The second-order valence-corrected chi connectivity index (χ2v) is 8.11. The Morgan fingerprint density at radius 2 is 1.85 bits per heavy atom. The molecule has 1 fully saturated rings. The van der Waals surface area contributed by atoms with E-state index in [4.69, 9.17) is 9.57 Å². The zero-order valence-electron chi connectivity index (χ0n) is 18.3. The van der Waals surface area contributed by atoms with E-state index in [1.165, 1.54) is 0 Å². The molecule has 9 nitrogen and oxygen atoms in total. The largest absolute Gasteiger partial charge is 0.471 e. The molecule has 0 spiro atoms. The van der Waals surface area contributed by atoms with Crippen molar-refractivity contribution in [2.24, 2.45) is 4.99 Å². The van der Waals surface area contributed by atoms with Crippen molar-refractivity contribution in [2.45, 2.75) is 12.9 Å². The Hall–Kier alpha value is -4.50. The van der Waals surface area contributed by atoms with Crippen molar-refractivity contribution in [1.29, 1.82) is 0 Å². The van der Waals surface area contributed by atoms with Crippen LogP contribution < -0.4 is 31.1 Å². The predicted molar refractivity (Wildman–Crippen MR) is 131 cm³/mol. The maximum Gasteiger partial charge on any atom is 0.351 e. The number of allylic oxidation sites excluding steroid dienone is 1. The van der Waals surface area contributed by atoms with Gasteiger partial charge < -0.3 is 20.7 Å². The molecule has 9 heteroatoms. The molecule has 3 heterocycles. The summed E-state index contributed by atoms with van der Waals surface area (Å²) in [5.41, 5.74) is 7.81. The van der Waals surface area contributed by atoms with Gasteiger partial charge in [0, 0.05) is 28.7 Å². The molecule has 1 atom stereocenters. The van der Waals surface area contributed by atoms with Crippen LogP contribution in [0.3, 0.4) is 0 Å². The second kappa shape index (κ2) is 7.82. The number of carbonyl (C=O) groups excluding carboxylic acids is 1. The molecule has 4 N–H and O–H groups in total. The smallest absolute Gasteiger partial charge is 0.351 e. The predicted octanol–water partition coefficient (Wildman–Crippen LogP) is 4.08. The molecule has 1 saturated heterocycles. The van der Waals surface area contributed by atoms with Crippen molar-refractivity contribution >= 4 is 34.9 Å². The van der Waals surface area contributed by atoms with Crippen LogP contribution in [0.25, 0.3) is 0 Å². The molecular weight excluding hydrogens is 432 g/mol. The van der Waals surface area contributed by atoms with Crippen LogP contribution in [0.2, 0.25) is 0 Å². The maximum atomic E-state index is 12.4. The third-order valence-electron chi connectivity index (χ3n) is 5.82. The van der Waals surface area contributed by atoms with Crippen LogP contribution in [0.1, 0.15) is 17.3 Å². The van der Waals surface area contributed by atoms with Crippen LogP contribution in [0, 0.1) is 0 Å². The normalized spacial score (nSPS) is 19.7. The first-order valence-electron chi connectivity index (χ1n) is 10.9. The lowest BCUT2D eigenvalue weighted by Crippen LogP contribution is -2.51. The fraction of sp³-hybridized carbons (Fsp3) is 0.120. The number of anilines is 4. The highest BCUT2D eigenvalue weighted by atomic mass is 16.7. The van der Waals surface area contributed by atoms with E-state index in [0.717, 1.165) is 34.2 Å². The van der Waals surface area contributed by atoms with Gasteiger partial charge in [0.2, 0.25) is 0 Å². The summed E-state index contributed by atoms with van der Waals surface area (Å²) in [5, 5.41) is 9.51. The van der Waals surface area contributed by atoms with Gasteiger partial charge in [-0.1, -0.05) is 18.2 Å². The van der Waals surface area contributed by atoms with Gasteiger partial charge in [0.15, 0.2) is 6.73 Å². The van der Waals surface area contributed by atoms with Crippen molar-refractivity contribution in [2.75, 3.05) is 27.6 Å². The third kappa shape index (κ3) is 3.39. The molecule has 2 bridgehead atoms. The first-order valence-corrected chi connectivity index (χ1v) is 10.9. The minimum Gasteiger partial charge on any atom is -0.471 e. The fourth-order valence-electron chi connectivity index (χ4n) is 4.10. The van der Waals surface area contributed by atoms with E-state index < -0.39 is 5.97 Å². The number of nitrogens with zero attached hydrogens (tertiary/aromatic N) is 2. The average molecular weight is 454 g/mol. The number of ether oxygens (including phenoxy) is 1. The van der Waals surface area contributed by atoms with E-state index in [1.807, 2.05) is 72.5 Å². The molecule has 6 rings (SSSR count). The Balaban J connectivity index is 1.25. The van der Waals surface area contributed by atoms with Crippen LogP contribution in [0.15, 0.2) is 89.2 Å². The Bertz CT molecular complexity index is 1320. The van der Waals surface area contributed by atoms with Gasteiger partial charge in [-0.3, -0.25) is 9.69 Å². The molecule has 3 aromatic rings. The number of hydrogen-bond donors (Lipinski definition) is 4. The zero-order valence-corrected chi connectivity index (χ0v) is 18.3. The molecule has 3 aliphatic heterocycles. The molecule has 0 aromatic heterocycles. The van der Waals surface area contributed by atoms with E-state index in [0.29, 0.717) is 18.0 Å². The van der Waals surface area contributed by atoms with Crippen molar-refractivity contribution in [1.82, 2.24) is 5.48 Å². The molecule has 34 heavy (non-hydrogen) atoms. The van der Waals surface area contributed by atoms with Gasteiger partial charge in [0.05, 0.1) is 11.4 Å². The quantitative estimate of drug-likeness (QED) is 0.461. The van der Waals surface area contributed by atoms with Crippen LogP contribution in [0.5, 0.6) is 5.75 Å². The molecule has 3 aromatic carbocycles. The lowest BCUT2D eigenvalue weighted by molar-refractivity contribution is -0.0214. The van der Waals surface area contributed by atoms with Gasteiger partial charge in [-0.05, 0) is 61.5 Å². The molecule has 1 unspecified atom stereocenters. The Labute approximate surface area is 196 Å². The molecule has 170 valence electrons. The summed E-state index contributed by atoms with van der Waals surface area (Å²) >= 11 is 0. The average Bonchev–Trinajstić information content (AvgIpc) is 3.45. The number of nitrogens with one attached hydrogen (secondary N) is 4. The monoisotopic (exact) mass is 454 g/mol. The number of hydrogen-bond acceptors (Lipinski definition) is 8. The van der Waals surface area contributed by atoms with Gasteiger partial charge >= 0.3 is 5.97 Å². The SMILES string of the molecule is CC1=C2NOC(Nc3ccc(NC(=O)c4ccccc4)cc3)(N=C1)N2c1ccc2c(c1)NCO2. The topological polar surface area (TPSA) is 99.2 Å². The summed E-state index contributed by atoms with van der Waals surface area (Å²) in [7, 11) is 0.